The molecule has 0 aromatic carbocycles. The zero-order valence-corrected chi connectivity index (χ0v) is 16.0. The second-order valence-electron chi connectivity index (χ2n) is 8.43. The molecule has 0 aromatic heterocycles. The Bertz CT molecular complexity index is 514. The van der Waals surface area contributed by atoms with Crippen LogP contribution in [0.5, 0.6) is 0 Å². The number of rotatable bonds is 5. The molecule has 0 aliphatic carbocycles. The SMILES string of the molecule is CC(C)CNC(=O)[C@H]1O[C@@H]2OC(C)(C)O[C@@H]2[C@@H]1ONC(=O)C(C)(C)C. The lowest BCUT2D eigenvalue weighted by Crippen LogP contribution is -2.49. The molecule has 2 aliphatic rings. The van der Waals surface area contributed by atoms with Crippen molar-refractivity contribution in [1.29, 1.82) is 0 Å². The Labute approximate surface area is 148 Å². The summed E-state index contributed by atoms with van der Waals surface area (Å²) in [6, 6.07) is 0. The van der Waals surface area contributed by atoms with Gasteiger partial charge in [-0.1, -0.05) is 34.6 Å². The Balaban J connectivity index is 2.07. The molecule has 0 bridgehead atoms. The minimum Gasteiger partial charge on any atom is -0.353 e. The van der Waals surface area contributed by atoms with E-state index in [0.717, 1.165) is 0 Å². The van der Waals surface area contributed by atoms with Gasteiger partial charge in [-0.15, -0.1) is 0 Å². The van der Waals surface area contributed by atoms with E-state index >= 15 is 0 Å². The number of fused-ring (bicyclic) bond motifs is 1. The summed E-state index contributed by atoms with van der Waals surface area (Å²) in [5, 5.41) is 2.81. The first kappa shape index (κ1) is 20.1. The molecule has 2 N–H and O–H groups in total. The third-order valence-corrected chi connectivity index (χ3v) is 3.90. The Kier molecular flexibility index (Phi) is 5.78. The third-order valence-electron chi connectivity index (χ3n) is 3.90. The first-order valence-electron chi connectivity index (χ1n) is 8.65. The molecule has 2 amide bonds. The van der Waals surface area contributed by atoms with Gasteiger partial charge in [-0.25, -0.2) is 5.48 Å². The van der Waals surface area contributed by atoms with E-state index in [1.165, 1.54) is 0 Å². The van der Waals surface area contributed by atoms with Crippen LogP contribution in [-0.4, -0.2) is 48.7 Å². The summed E-state index contributed by atoms with van der Waals surface area (Å²) in [6.45, 7) is 13.3. The fraction of sp³-hybridized carbons (Fsp3) is 0.882. The maximum Gasteiger partial charge on any atom is 0.252 e. The zero-order chi connectivity index (χ0) is 19.0. The van der Waals surface area contributed by atoms with Crippen LogP contribution in [-0.2, 0) is 28.6 Å². The van der Waals surface area contributed by atoms with E-state index in [1.807, 2.05) is 13.8 Å². The topological polar surface area (TPSA) is 95.1 Å². The second kappa shape index (κ2) is 7.19. The first-order valence-corrected chi connectivity index (χ1v) is 8.65. The number of hydroxylamine groups is 1. The monoisotopic (exact) mass is 358 g/mol. The molecule has 2 saturated heterocycles. The fourth-order valence-electron chi connectivity index (χ4n) is 2.50. The van der Waals surface area contributed by atoms with Crippen LogP contribution >= 0.6 is 0 Å². The smallest absolute Gasteiger partial charge is 0.252 e. The quantitative estimate of drug-likeness (QED) is 0.715. The van der Waals surface area contributed by atoms with E-state index in [1.54, 1.807) is 34.6 Å². The number of hydrogen-bond acceptors (Lipinski definition) is 6. The summed E-state index contributed by atoms with van der Waals surface area (Å²) in [4.78, 5) is 30.1. The van der Waals surface area contributed by atoms with E-state index in [4.69, 9.17) is 19.0 Å². The number of ether oxygens (including phenoxy) is 3. The summed E-state index contributed by atoms with van der Waals surface area (Å²) in [5.41, 5.74) is 1.80. The number of hydrogen-bond donors (Lipinski definition) is 2. The highest BCUT2D eigenvalue weighted by molar-refractivity contribution is 5.82. The number of nitrogens with one attached hydrogen (secondary N) is 2. The molecule has 4 atom stereocenters. The largest absolute Gasteiger partial charge is 0.353 e. The molecule has 2 fully saturated rings. The Hall–Kier alpha value is -1.22. The van der Waals surface area contributed by atoms with Crippen molar-refractivity contribution < 1.29 is 28.6 Å². The number of carbonyl (C=O) groups excluding carboxylic acids is 2. The highest BCUT2D eigenvalue weighted by atomic mass is 16.9. The summed E-state index contributed by atoms with van der Waals surface area (Å²) in [5.74, 6) is -1.15. The molecule has 0 spiro atoms. The van der Waals surface area contributed by atoms with Gasteiger partial charge in [-0.3, -0.25) is 14.4 Å². The van der Waals surface area contributed by atoms with Crippen LogP contribution in [0.2, 0.25) is 0 Å². The molecule has 0 unspecified atom stereocenters. The van der Waals surface area contributed by atoms with Crippen molar-refractivity contribution in [2.24, 2.45) is 11.3 Å². The van der Waals surface area contributed by atoms with Gasteiger partial charge in [0.25, 0.3) is 5.91 Å². The van der Waals surface area contributed by atoms with Gasteiger partial charge in [-0.2, -0.15) is 0 Å². The molecule has 2 heterocycles. The Morgan fingerprint density at radius 1 is 1.20 bits per heavy atom. The molecule has 2 aliphatic heterocycles. The highest BCUT2D eigenvalue weighted by Gasteiger charge is 2.58. The van der Waals surface area contributed by atoms with Gasteiger partial charge >= 0.3 is 0 Å². The lowest BCUT2D eigenvalue weighted by molar-refractivity contribution is -0.222. The molecule has 8 heteroatoms. The molecular weight excluding hydrogens is 328 g/mol. The van der Waals surface area contributed by atoms with E-state index < -0.39 is 35.8 Å². The lowest BCUT2D eigenvalue weighted by Gasteiger charge is -2.26. The van der Waals surface area contributed by atoms with Gasteiger partial charge < -0.3 is 19.5 Å². The third kappa shape index (κ3) is 4.91. The molecule has 144 valence electrons. The summed E-state index contributed by atoms with van der Waals surface area (Å²) in [6.07, 6.45) is -3.05. The van der Waals surface area contributed by atoms with Crippen LogP contribution in [0.1, 0.15) is 48.5 Å². The van der Waals surface area contributed by atoms with E-state index in [0.29, 0.717) is 12.5 Å². The van der Waals surface area contributed by atoms with Gasteiger partial charge in [0.2, 0.25) is 5.91 Å². The summed E-state index contributed by atoms with van der Waals surface area (Å²) >= 11 is 0. The maximum atomic E-state index is 12.5. The van der Waals surface area contributed by atoms with Crippen LogP contribution in [0, 0.1) is 11.3 Å². The van der Waals surface area contributed by atoms with Crippen LogP contribution < -0.4 is 10.8 Å². The fourth-order valence-corrected chi connectivity index (χ4v) is 2.50. The van der Waals surface area contributed by atoms with Crippen molar-refractivity contribution in [2.75, 3.05) is 6.54 Å². The molecule has 2 rings (SSSR count). The molecule has 0 radical (unpaired) electrons. The van der Waals surface area contributed by atoms with Crippen molar-refractivity contribution in [2.45, 2.75) is 78.9 Å². The molecule has 8 nitrogen and oxygen atoms in total. The second-order valence-corrected chi connectivity index (χ2v) is 8.43. The predicted molar refractivity (Wildman–Crippen MR) is 89.0 cm³/mol. The lowest BCUT2D eigenvalue weighted by atomic mass is 9.96. The van der Waals surface area contributed by atoms with Crippen LogP contribution in [0.4, 0.5) is 0 Å². The van der Waals surface area contributed by atoms with E-state index in [-0.39, 0.29) is 11.8 Å². The van der Waals surface area contributed by atoms with Gasteiger partial charge in [0.15, 0.2) is 24.3 Å². The molecule has 0 aromatic rings. The minimum absolute atomic E-state index is 0.296. The number of amides is 2. The normalized spacial score (nSPS) is 31.0. The zero-order valence-electron chi connectivity index (χ0n) is 16.0. The van der Waals surface area contributed by atoms with Gasteiger partial charge in [0.1, 0.15) is 6.10 Å². The minimum atomic E-state index is -0.926. The van der Waals surface area contributed by atoms with Gasteiger partial charge in [0.05, 0.1) is 0 Å². The Morgan fingerprint density at radius 2 is 1.84 bits per heavy atom. The molecular formula is C17H30N2O6. The van der Waals surface area contributed by atoms with Crippen molar-refractivity contribution in [3.63, 3.8) is 0 Å². The van der Waals surface area contributed by atoms with Gasteiger partial charge in [0, 0.05) is 12.0 Å². The van der Waals surface area contributed by atoms with E-state index in [9.17, 15) is 9.59 Å². The molecule has 0 saturated carbocycles. The average molecular weight is 358 g/mol. The standard InChI is InChI=1S/C17H30N2O6/c1-9(2)8-18-13(20)11-10(25-19-15(21)16(3,4)5)12-14(22-11)24-17(6,7)23-12/h9-12,14H,8H2,1-7H3,(H,18,20)(H,19,21)/t10-,11+,12-,14-/m1/s1. The van der Waals surface area contributed by atoms with Crippen molar-refractivity contribution in [3.8, 4) is 0 Å². The maximum absolute atomic E-state index is 12.5. The number of carbonyl (C=O) groups is 2. The average Bonchev–Trinajstić information content (AvgIpc) is 2.93. The summed E-state index contributed by atoms with van der Waals surface area (Å²) in [7, 11) is 0. The highest BCUT2D eigenvalue weighted by Crippen LogP contribution is 2.38. The molecule has 25 heavy (non-hydrogen) atoms. The van der Waals surface area contributed by atoms with Crippen molar-refractivity contribution >= 4 is 11.8 Å². The van der Waals surface area contributed by atoms with Crippen molar-refractivity contribution in [3.05, 3.63) is 0 Å². The van der Waals surface area contributed by atoms with E-state index in [2.05, 4.69) is 10.8 Å². The first-order chi connectivity index (χ1) is 11.4. The Morgan fingerprint density at radius 3 is 2.40 bits per heavy atom. The summed E-state index contributed by atoms with van der Waals surface area (Å²) < 4.78 is 17.2. The van der Waals surface area contributed by atoms with Crippen LogP contribution in [0.15, 0.2) is 0 Å². The van der Waals surface area contributed by atoms with Crippen molar-refractivity contribution in [1.82, 2.24) is 10.8 Å². The van der Waals surface area contributed by atoms with Crippen LogP contribution in [0.3, 0.4) is 0 Å². The predicted octanol–water partition coefficient (Wildman–Crippen LogP) is 1.10. The van der Waals surface area contributed by atoms with Crippen LogP contribution in [0.25, 0.3) is 0 Å². The van der Waals surface area contributed by atoms with Gasteiger partial charge in [-0.05, 0) is 19.8 Å².